The Bertz CT molecular complexity index is 230. The summed E-state index contributed by atoms with van der Waals surface area (Å²) in [5, 5.41) is 0. The summed E-state index contributed by atoms with van der Waals surface area (Å²) in [6.45, 7) is 8.41. The molecule has 0 unspecified atom stereocenters. The van der Waals surface area contributed by atoms with E-state index in [0.717, 1.165) is 25.9 Å². The first-order valence-corrected chi connectivity index (χ1v) is 6.56. The predicted molar refractivity (Wildman–Crippen MR) is 67.4 cm³/mol. The summed E-state index contributed by atoms with van der Waals surface area (Å²) in [6.07, 6.45) is 4.13. The van der Waals surface area contributed by atoms with Gasteiger partial charge in [0.05, 0.1) is 0 Å². The van der Waals surface area contributed by atoms with Gasteiger partial charge in [-0.3, -0.25) is 9.69 Å². The lowest BCUT2D eigenvalue weighted by Gasteiger charge is -2.42. The van der Waals surface area contributed by atoms with Gasteiger partial charge in [0.15, 0.2) is 0 Å². The molecule has 3 nitrogen and oxygen atoms in total. The number of hydrogen-bond donors (Lipinski definition) is 0. The molecule has 1 heterocycles. The SMILES string of the molecule is CCCCCC(=O)N1C[C@H](C)N(C)C[C@H]1C. The Kier molecular flexibility index (Phi) is 5.26. The van der Waals surface area contributed by atoms with Crippen molar-refractivity contribution in [1.82, 2.24) is 9.80 Å². The third kappa shape index (κ3) is 3.48. The molecule has 0 aliphatic carbocycles. The first-order valence-electron chi connectivity index (χ1n) is 6.56. The van der Waals surface area contributed by atoms with Crippen LogP contribution in [0.2, 0.25) is 0 Å². The highest BCUT2D eigenvalue weighted by molar-refractivity contribution is 5.76. The molecule has 0 saturated carbocycles. The van der Waals surface area contributed by atoms with Crippen LogP contribution in [0.15, 0.2) is 0 Å². The van der Waals surface area contributed by atoms with Crippen molar-refractivity contribution in [2.24, 2.45) is 0 Å². The number of carbonyl (C=O) groups excluding carboxylic acids is 1. The molecule has 1 amide bonds. The maximum absolute atomic E-state index is 12.0. The van der Waals surface area contributed by atoms with Crippen molar-refractivity contribution < 1.29 is 4.79 Å². The van der Waals surface area contributed by atoms with Crippen molar-refractivity contribution in [3.8, 4) is 0 Å². The van der Waals surface area contributed by atoms with Crippen LogP contribution >= 0.6 is 0 Å². The Morgan fingerprint density at radius 3 is 2.50 bits per heavy atom. The molecule has 0 aromatic rings. The van der Waals surface area contributed by atoms with E-state index >= 15 is 0 Å². The van der Waals surface area contributed by atoms with Crippen LogP contribution in [-0.4, -0.2) is 47.9 Å². The normalized spacial score (nSPS) is 27.1. The van der Waals surface area contributed by atoms with Gasteiger partial charge in [-0.2, -0.15) is 0 Å². The number of likely N-dealkylation sites (N-methyl/N-ethyl adjacent to an activating group) is 1. The molecule has 3 heteroatoms. The number of amides is 1. The summed E-state index contributed by atoms with van der Waals surface area (Å²) < 4.78 is 0. The molecule has 0 N–H and O–H groups in total. The van der Waals surface area contributed by atoms with Crippen molar-refractivity contribution >= 4 is 5.91 Å². The highest BCUT2D eigenvalue weighted by atomic mass is 16.2. The van der Waals surface area contributed by atoms with E-state index in [2.05, 4.69) is 37.6 Å². The van der Waals surface area contributed by atoms with Crippen LogP contribution in [0.25, 0.3) is 0 Å². The van der Waals surface area contributed by atoms with Crippen LogP contribution in [-0.2, 0) is 4.79 Å². The minimum Gasteiger partial charge on any atom is -0.337 e. The van der Waals surface area contributed by atoms with Crippen molar-refractivity contribution in [2.75, 3.05) is 20.1 Å². The number of unbranched alkanes of at least 4 members (excludes halogenated alkanes) is 2. The Labute approximate surface area is 99.8 Å². The van der Waals surface area contributed by atoms with Crippen molar-refractivity contribution in [3.05, 3.63) is 0 Å². The van der Waals surface area contributed by atoms with E-state index in [1.54, 1.807) is 0 Å². The zero-order valence-electron chi connectivity index (χ0n) is 11.2. The fraction of sp³-hybridized carbons (Fsp3) is 0.923. The fourth-order valence-electron chi connectivity index (χ4n) is 2.32. The smallest absolute Gasteiger partial charge is 0.222 e. The summed E-state index contributed by atoms with van der Waals surface area (Å²) in [6, 6.07) is 0.863. The zero-order valence-corrected chi connectivity index (χ0v) is 11.2. The van der Waals surface area contributed by atoms with Gasteiger partial charge in [0.2, 0.25) is 5.91 Å². The molecule has 1 saturated heterocycles. The van der Waals surface area contributed by atoms with Gasteiger partial charge in [-0.25, -0.2) is 0 Å². The second-order valence-electron chi connectivity index (χ2n) is 5.14. The van der Waals surface area contributed by atoms with Gasteiger partial charge in [0, 0.05) is 31.6 Å². The molecule has 1 fully saturated rings. The second kappa shape index (κ2) is 6.24. The van der Waals surface area contributed by atoms with Crippen LogP contribution in [0.4, 0.5) is 0 Å². The van der Waals surface area contributed by atoms with Crippen molar-refractivity contribution in [2.45, 2.75) is 58.5 Å². The molecule has 0 spiro atoms. The van der Waals surface area contributed by atoms with Crippen LogP contribution < -0.4 is 0 Å². The zero-order chi connectivity index (χ0) is 12.1. The molecule has 1 rings (SSSR count). The van der Waals surface area contributed by atoms with Gasteiger partial charge in [0.25, 0.3) is 0 Å². The predicted octanol–water partition coefficient (Wildman–Crippen LogP) is 2.12. The molecule has 16 heavy (non-hydrogen) atoms. The van der Waals surface area contributed by atoms with Crippen molar-refractivity contribution in [1.29, 1.82) is 0 Å². The molecular formula is C13H26N2O. The van der Waals surface area contributed by atoms with Gasteiger partial charge >= 0.3 is 0 Å². The Balaban J connectivity index is 2.42. The monoisotopic (exact) mass is 226 g/mol. The van der Waals surface area contributed by atoms with E-state index in [4.69, 9.17) is 0 Å². The largest absolute Gasteiger partial charge is 0.337 e. The van der Waals surface area contributed by atoms with Gasteiger partial charge in [-0.1, -0.05) is 19.8 Å². The topological polar surface area (TPSA) is 23.6 Å². The van der Waals surface area contributed by atoms with E-state index in [0.29, 0.717) is 18.0 Å². The fourth-order valence-corrected chi connectivity index (χ4v) is 2.32. The van der Waals surface area contributed by atoms with Crippen molar-refractivity contribution in [3.63, 3.8) is 0 Å². The Morgan fingerprint density at radius 1 is 1.19 bits per heavy atom. The summed E-state index contributed by atoms with van der Waals surface area (Å²) >= 11 is 0. The average Bonchev–Trinajstić information content (AvgIpc) is 2.23. The average molecular weight is 226 g/mol. The van der Waals surface area contributed by atoms with Crippen LogP contribution in [0.3, 0.4) is 0 Å². The lowest BCUT2D eigenvalue weighted by Crippen LogP contribution is -2.56. The van der Waals surface area contributed by atoms with E-state index in [1.807, 2.05) is 0 Å². The summed E-state index contributed by atoms with van der Waals surface area (Å²) in [5.74, 6) is 0.348. The molecule has 0 aromatic heterocycles. The van der Waals surface area contributed by atoms with Gasteiger partial charge in [0.1, 0.15) is 0 Å². The Morgan fingerprint density at radius 2 is 1.88 bits per heavy atom. The number of hydrogen-bond acceptors (Lipinski definition) is 2. The molecule has 0 bridgehead atoms. The quantitative estimate of drug-likeness (QED) is 0.686. The molecule has 1 aliphatic rings. The first-order chi connectivity index (χ1) is 7.56. The van der Waals surface area contributed by atoms with Gasteiger partial charge in [-0.15, -0.1) is 0 Å². The van der Waals surface area contributed by atoms with E-state index in [-0.39, 0.29) is 0 Å². The molecule has 0 aromatic carbocycles. The van der Waals surface area contributed by atoms with Crippen LogP contribution in [0, 0.1) is 0 Å². The minimum atomic E-state index is 0.348. The van der Waals surface area contributed by atoms with Crippen LogP contribution in [0.5, 0.6) is 0 Å². The third-order valence-corrected chi connectivity index (χ3v) is 3.61. The summed E-state index contributed by atoms with van der Waals surface area (Å²) in [4.78, 5) is 16.4. The molecular weight excluding hydrogens is 200 g/mol. The highest BCUT2D eigenvalue weighted by Gasteiger charge is 2.29. The van der Waals surface area contributed by atoms with Gasteiger partial charge in [-0.05, 0) is 27.3 Å². The first kappa shape index (κ1) is 13.5. The third-order valence-electron chi connectivity index (χ3n) is 3.61. The maximum Gasteiger partial charge on any atom is 0.222 e. The number of piperazine rings is 1. The van der Waals surface area contributed by atoms with Gasteiger partial charge < -0.3 is 4.90 Å². The molecule has 1 aliphatic heterocycles. The number of nitrogens with zero attached hydrogens (tertiary/aromatic N) is 2. The lowest BCUT2D eigenvalue weighted by atomic mass is 10.1. The van der Waals surface area contributed by atoms with E-state index in [1.165, 1.54) is 12.8 Å². The highest BCUT2D eigenvalue weighted by Crippen LogP contribution is 2.15. The Hall–Kier alpha value is -0.570. The number of rotatable bonds is 4. The maximum atomic E-state index is 12.0. The molecule has 2 atom stereocenters. The summed E-state index contributed by atoms with van der Waals surface area (Å²) in [7, 11) is 2.14. The molecule has 0 radical (unpaired) electrons. The standard InChI is InChI=1S/C13H26N2O/c1-5-6-7-8-13(16)15-10-11(2)14(4)9-12(15)3/h11-12H,5-10H2,1-4H3/t11-,12+/m0/s1. The second-order valence-corrected chi connectivity index (χ2v) is 5.14. The minimum absolute atomic E-state index is 0.348. The van der Waals surface area contributed by atoms with E-state index < -0.39 is 0 Å². The van der Waals surface area contributed by atoms with Crippen LogP contribution in [0.1, 0.15) is 46.5 Å². The van der Waals surface area contributed by atoms with E-state index in [9.17, 15) is 4.79 Å². The molecule has 94 valence electrons. The lowest BCUT2D eigenvalue weighted by molar-refractivity contribution is -0.136. The number of carbonyl (C=O) groups is 1. The summed E-state index contributed by atoms with van der Waals surface area (Å²) in [5.41, 5.74) is 0.